The quantitative estimate of drug-likeness (QED) is 0.0189. The molecule has 0 spiro atoms. The summed E-state index contributed by atoms with van der Waals surface area (Å²) in [4.78, 5) is 178. The standard InChI is InChI=1S/C97H134N12O31/c1-61(2)86(103-82(111)26-32-128-36-35-125-9)90(117)99-65(7)88(115)101-69-19-15-67(16-20-69)59-139-96(123)108-73-55-79(77(126-10)53-71(73)92(119)106-57-63(5)51-75(106)94(108)121)137-30-13-12-14-31-138-80-56-74-72(54-78(80)127-11)93(120)107-58-64(6)52-76(107)95(122)109(74)97(124)140-60-68-17-21-70(22-18-68)102-89(116)66(8)100-91(118)87(62(3)4)104-83(112)27-33-129-37-39-131-41-43-133-45-47-135-49-50-136-48-46-134-44-42-132-40-38-130-34-28-98-81(110)25-29-105-84(113)23-24-85(105)114/h15-24,53-58,61-62,65-66,75-76,86-87,94-95,121-122H,12-14,25-52,59-60H2,1-11H3,(H,98,110)(H,99,117)(H,100,118)(H,101,115)(H,102,116)(H,103,111)(H,104,112)/t65-,66-,75+,76?,86-,87-,94+,95+/m1/s1. The number of hydrogen-bond donors (Lipinski definition) is 9. The summed E-state index contributed by atoms with van der Waals surface area (Å²) in [5.74, 6) is -5.23. The molecular weight excluding hydrogens is 1830 g/mol. The molecule has 0 saturated carbocycles. The summed E-state index contributed by atoms with van der Waals surface area (Å²) in [6, 6.07) is 12.8. The van der Waals surface area contributed by atoms with Gasteiger partial charge in [0.05, 0.1) is 188 Å². The Morgan fingerprint density at radius 2 is 0.764 bits per heavy atom. The molecule has 9 N–H and O–H groups in total. The van der Waals surface area contributed by atoms with Crippen LogP contribution in [0.15, 0.2) is 108 Å². The molecule has 768 valence electrons. The minimum Gasteiger partial charge on any atom is -0.493 e. The molecule has 43 nitrogen and oxygen atoms in total. The molecule has 4 aromatic rings. The molecule has 0 bridgehead atoms. The number of fused-ring (bicyclic) bond motifs is 4. The third-order valence-corrected chi connectivity index (χ3v) is 22.6. The maximum atomic E-state index is 14.5. The third-order valence-electron chi connectivity index (χ3n) is 22.6. The van der Waals surface area contributed by atoms with Gasteiger partial charge in [0.2, 0.25) is 41.4 Å². The van der Waals surface area contributed by atoms with E-state index >= 15 is 0 Å². The highest BCUT2D eigenvalue weighted by molar-refractivity contribution is 6.13. The second-order valence-electron chi connectivity index (χ2n) is 34.1. The van der Waals surface area contributed by atoms with Gasteiger partial charge in [-0.05, 0) is 119 Å². The highest BCUT2D eigenvalue weighted by Gasteiger charge is 2.48. The van der Waals surface area contributed by atoms with Crippen molar-refractivity contribution in [3.05, 3.63) is 131 Å². The van der Waals surface area contributed by atoms with Gasteiger partial charge >= 0.3 is 12.2 Å². The normalized spacial score (nSPS) is 16.8. The van der Waals surface area contributed by atoms with Crippen LogP contribution >= 0.6 is 0 Å². The van der Waals surface area contributed by atoms with Gasteiger partial charge in [0, 0.05) is 87.5 Å². The van der Waals surface area contributed by atoms with Gasteiger partial charge in [0.15, 0.2) is 35.5 Å². The number of nitrogens with zero attached hydrogens (tertiary/aromatic N) is 5. The monoisotopic (exact) mass is 1960 g/mol. The van der Waals surface area contributed by atoms with Crippen molar-refractivity contribution < 1.29 is 148 Å². The fourth-order valence-electron chi connectivity index (χ4n) is 15.0. The van der Waals surface area contributed by atoms with Crippen molar-refractivity contribution in [2.75, 3.05) is 194 Å². The highest BCUT2D eigenvalue weighted by atomic mass is 16.6. The van der Waals surface area contributed by atoms with Gasteiger partial charge in [0.25, 0.3) is 23.6 Å². The summed E-state index contributed by atoms with van der Waals surface area (Å²) in [6.45, 7) is 19.6. The van der Waals surface area contributed by atoms with E-state index in [1.807, 2.05) is 0 Å². The molecule has 8 atom stereocenters. The molecule has 0 aliphatic carbocycles. The average molecular weight is 1960 g/mol. The molecule has 13 amide bonds. The van der Waals surface area contributed by atoms with Crippen LogP contribution in [-0.4, -0.2) is 324 Å². The fourth-order valence-corrected chi connectivity index (χ4v) is 15.0. The number of ether oxygens (including phenoxy) is 16. The Morgan fingerprint density at radius 3 is 1.12 bits per heavy atom. The maximum absolute atomic E-state index is 14.5. The number of amides is 13. The van der Waals surface area contributed by atoms with Gasteiger partial charge < -0.3 is 133 Å². The van der Waals surface area contributed by atoms with Crippen LogP contribution in [0.4, 0.5) is 32.3 Å². The van der Waals surface area contributed by atoms with Crippen LogP contribution in [0.1, 0.15) is 139 Å². The molecular formula is C97H134N12O31. The van der Waals surface area contributed by atoms with E-state index < -0.39 is 114 Å². The van der Waals surface area contributed by atoms with E-state index in [0.717, 1.165) is 25.8 Å². The van der Waals surface area contributed by atoms with E-state index in [1.54, 1.807) is 102 Å². The average Bonchev–Trinajstić information content (AvgIpc) is 1.60. The second kappa shape index (κ2) is 58.1. The molecule has 5 heterocycles. The number of aliphatic hydroxyl groups excluding tert-OH is 2. The Hall–Kier alpha value is -12.3. The van der Waals surface area contributed by atoms with Gasteiger partial charge in [-0.1, -0.05) is 63.1 Å². The van der Waals surface area contributed by atoms with E-state index in [4.69, 9.17) is 75.8 Å². The number of methoxy groups -OCH3 is 3. The van der Waals surface area contributed by atoms with Crippen molar-refractivity contribution in [3.8, 4) is 23.0 Å². The maximum Gasteiger partial charge on any atom is 0.416 e. The first-order valence-electron chi connectivity index (χ1n) is 46.9. The number of imide groups is 1. The lowest BCUT2D eigenvalue weighted by Gasteiger charge is -2.31. The minimum atomic E-state index is -1.60. The van der Waals surface area contributed by atoms with Crippen LogP contribution in [0.3, 0.4) is 0 Å². The van der Waals surface area contributed by atoms with Crippen LogP contribution in [0.25, 0.3) is 0 Å². The molecule has 5 aliphatic rings. The van der Waals surface area contributed by atoms with Gasteiger partial charge in [-0.3, -0.25) is 57.6 Å². The summed E-state index contributed by atoms with van der Waals surface area (Å²) in [5, 5.41) is 43.2. The highest BCUT2D eigenvalue weighted by Crippen LogP contribution is 2.45. The molecule has 1 unspecified atom stereocenters. The van der Waals surface area contributed by atoms with Crippen molar-refractivity contribution in [3.63, 3.8) is 0 Å². The number of anilines is 4. The molecule has 9 rings (SSSR count). The van der Waals surface area contributed by atoms with Gasteiger partial charge in [-0.25, -0.2) is 19.4 Å². The topological polar surface area (TPSA) is 510 Å². The van der Waals surface area contributed by atoms with Crippen LogP contribution in [0.2, 0.25) is 0 Å². The smallest absolute Gasteiger partial charge is 0.416 e. The third kappa shape index (κ3) is 34.3. The first kappa shape index (κ1) is 111. The van der Waals surface area contributed by atoms with E-state index in [9.17, 15) is 72.5 Å². The fraction of sp³-hybridized carbons (Fsp3) is 0.557. The van der Waals surface area contributed by atoms with Crippen molar-refractivity contribution in [2.24, 2.45) is 11.8 Å². The zero-order valence-corrected chi connectivity index (χ0v) is 81.3. The molecule has 43 heteroatoms. The Kier molecular flexibility index (Phi) is 46.2. The number of unbranched alkanes of at least 4 members (excludes halogenated alkanes) is 2. The summed E-state index contributed by atoms with van der Waals surface area (Å²) >= 11 is 0. The zero-order valence-electron chi connectivity index (χ0n) is 81.3. The Morgan fingerprint density at radius 1 is 0.407 bits per heavy atom. The van der Waals surface area contributed by atoms with E-state index in [1.165, 1.54) is 81.4 Å². The Bertz CT molecular complexity index is 4870. The van der Waals surface area contributed by atoms with Crippen LogP contribution in [0, 0.1) is 11.8 Å². The molecule has 0 aromatic heterocycles. The van der Waals surface area contributed by atoms with Crippen LogP contribution < -0.4 is 66.0 Å². The second-order valence-corrected chi connectivity index (χ2v) is 34.1. The SMILES string of the molecule is COCCOCCC(=O)N[C@@H](C(=O)N[C@H](C)C(=O)Nc1ccc(COC(=O)N2c3cc(OCCCCCOc4cc5c(cc4OC)C(=O)N4C=C(C)CC4[C@H](O)N5C(=O)OCc4ccc(NC(=O)[C@@H](C)NC(=O)[C@H](NC(=O)CCOCCOCCOCCOCCOCCOCCOCCOCCNC(=O)CCN5C(=O)C=CC5=O)C(C)C)cc4)c(OC)cc3C(=O)N3C=C(C)C[C@H]3[C@@H]2O)cc1)C(C)C. The predicted molar refractivity (Wildman–Crippen MR) is 506 cm³/mol. The van der Waals surface area contributed by atoms with Crippen molar-refractivity contribution >= 4 is 99.9 Å². The van der Waals surface area contributed by atoms with Crippen molar-refractivity contribution in [1.29, 1.82) is 0 Å². The summed E-state index contributed by atoms with van der Waals surface area (Å²) < 4.78 is 90.2. The number of benzene rings is 4. The first-order valence-corrected chi connectivity index (χ1v) is 46.9. The molecule has 140 heavy (non-hydrogen) atoms. The van der Waals surface area contributed by atoms with Crippen LogP contribution in [-0.2, 0) is 113 Å². The molecule has 4 aromatic carbocycles. The molecule has 0 radical (unpaired) electrons. The zero-order chi connectivity index (χ0) is 101. The number of aliphatic hydroxyl groups is 2. The number of rotatable bonds is 62. The number of hydrogen-bond acceptors (Lipinski definition) is 31. The number of nitrogens with one attached hydrogen (secondary N) is 7. The molecule has 0 saturated heterocycles. The van der Waals surface area contributed by atoms with Gasteiger partial charge in [-0.15, -0.1) is 0 Å². The van der Waals surface area contributed by atoms with Gasteiger partial charge in [0.1, 0.15) is 37.4 Å². The number of carbonyl (C=O) groups is 13. The lowest BCUT2D eigenvalue weighted by atomic mass is 10.0. The van der Waals surface area contributed by atoms with Crippen molar-refractivity contribution in [1.82, 2.24) is 41.3 Å². The van der Waals surface area contributed by atoms with E-state index in [2.05, 4.69) is 37.2 Å². The largest absolute Gasteiger partial charge is 0.493 e. The Balaban J connectivity index is 0.656. The predicted octanol–water partition coefficient (Wildman–Crippen LogP) is 5.69. The van der Waals surface area contributed by atoms with Crippen molar-refractivity contribution in [2.45, 2.75) is 169 Å². The summed E-state index contributed by atoms with van der Waals surface area (Å²) in [5.41, 5.74) is 3.28. The lowest BCUT2D eigenvalue weighted by Crippen LogP contribution is -2.53. The molecule has 0 fully saturated rings. The lowest BCUT2D eigenvalue weighted by molar-refractivity contribution is -0.137. The van der Waals surface area contributed by atoms with E-state index in [-0.39, 0.29) is 174 Å². The summed E-state index contributed by atoms with van der Waals surface area (Å²) in [7, 11) is 4.33. The Labute approximate surface area is 813 Å². The van der Waals surface area contributed by atoms with E-state index in [0.29, 0.717) is 134 Å². The minimum absolute atomic E-state index is 0.00438. The molecule has 5 aliphatic heterocycles. The first-order chi connectivity index (χ1) is 67.4. The summed E-state index contributed by atoms with van der Waals surface area (Å²) in [6.07, 6.45) is 2.33. The van der Waals surface area contributed by atoms with Gasteiger partial charge in [-0.2, -0.15) is 0 Å². The van der Waals surface area contributed by atoms with Crippen LogP contribution in [0.5, 0.6) is 23.0 Å². The number of carbonyl (C=O) groups excluding carboxylic acids is 13.